The van der Waals surface area contributed by atoms with Crippen LogP contribution in [0.3, 0.4) is 0 Å². The summed E-state index contributed by atoms with van der Waals surface area (Å²) in [5, 5.41) is 17.0. The fraction of sp³-hybridized carbons (Fsp3) is 0.556. The zero-order valence-corrected chi connectivity index (χ0v) is 7.56. The van der Waals surface area contributed by atoms with Crippen molar-refractivity contribution in [1.29, 1.82) is 0 Å². The van der Waals surface area contributed by atoms with Gasteiger partial charge in [-0.1, -0.05) is 12.2 Å². The van der Waals surface area contributed by atoms with Gasteiger partial charge in [0.25, 0.3) is 0 Å². The van der Waals surface area contributed by atoms with Crippen LogP contribution in [0, 0.1) is 5.92 Å². The van der Waals surface area contributed by atoms with Gasteiger partial charge in [0.1, 0.15) is 0 Å². The van der Waals surface area contributed by atoms with Crippen LogP contribution >= 0.6 is 0 Å². The van der Waals surface area contributed by atoms with Gasteiger partial charge >= 0.3 is 11.9 Å². The molecular weight excluding hydrogens is 172 g/mol. The molecule has 0 aromatic heterocycles. The summed E-state index contributed by atoms with van der Waals surface area (Å²) < 4.78 is 0. The highest BCUT2D eigenvalue weighted by atomic mass is 16.4. The molecule has 2 N–H and O–H groups in total. The summed E-state index contributed by atoms with van der Waals surface area (Å²) in [6.07, 6.45) is 4.05. The molecule has 1 unspecified atom stereocenters. The molecule has 0 aromatic carbocycles. The van der Waals surface area contributed by atoms with Gasteiger partial charge in [-0.25, -0.2) is 0 Å². The number of carboxylic acid groups (broad SMARTS) is 2. The third kappa shape index (κ3) is 5.90. The van der Waals surface area contributed by atoms with Crippen molar-refractivity contribution >= 4 is 11.9 Å². The number of hydrogen-bond acceptors (Lipinski definition) is 2. The summed E-state index contributed by atoms with van der Waals surface area (Å²) in [6.45, 7) is 1.74. The Kier molecular flexibility index (Phi) is 5.59. The molecule has 4 nitrogen and oxygen atoms in total. The minimum Gasteiger partial charge on any atom is -0.481 e. The molecule has 1 atom stereocenters. The SMILES string of the molecule is C/C=C/C(CCCC(=O)O)C(=O)O. The zero-order valence-electron chi connectivity index (χ0n) is 7.56. The minimum atomic E-state index is -0.900. The molecule has 0 rings (SSSR count). The molecule has 0 saturated carbocycles. The molecule has 0 fully saturated rings. The lowest BCUT2D eigenvalue weighted by Crippen LogP contribution is -2.11. The summed E-state index contributed by atoms with van der Waals surface area (Å²) in [4.78, 5) is 20.7. The van der Waals surface area contributed by atoms with Crippen molar-refractivity contribution < 1.29 is 19.8 Å². The molecule has 0 aliphatic rings. The number of carboxylic acids is 2. The first-order valence-electron chi connectivity index (χ1n) is 4.15. The molecule has 13 heavy (non-hydrogen) atoms. The van der Waals surface area contributed by atoms with Crippen molar-refractivity contribution in [3.05, 3.63) is 12.2 Å². The Morgan fingerprint density at radius 2 is 2.00 bits per heavy atom. The average molecular weight is 186 g/mol. The monoisotopic (exact) mass is 186 g/mol. The van der Waals surface area contributed by atoms with Crippen LogP contribution in [0.4, 0.5) is 0 Å². The van der Waals surface area contributed by atoms with E-state index in [1.165, 1.54) is 0 Å². The number of rotatable bonds is 6. The first-order valence-corrected chi connectivity index (χ1v) is 4.15. The molecule has 0 aliphatic heterocycles. The van der Waals surface area contributed by atoms with Crippen LogP contribution in [0.2, 0.25) is 0 Å². The standard InChI is InChI=1S/C9H14O4/c1-2-4-7(9(12)13)5-3-6-8(10)11/h2,4,7H,3,5-6H2,1H3,(H,10,11)(H,12,13)/b4-2+. The molecule has 74 valence electrons. The van der Waals surface area contributed by atoms with Gasteiger partial charge in [0.15, 0.2) is 0 Å². The van der Waals surface area contributed by atoms with Gasteiger partial charge in [0.2, 0.25) is 0 Å². The van der Waals surface area contributed by atoms with E-state index in [-0.39, 0.29) is 6.42 Å². The first-order chi connectivity index (χ1) is 6.07. The predicted molar refractivity (Wildman–Crippen MR) is 47.4 cm³/mol. The van der Waals surface area contributed by atoms with Gasteiger partial charge in [0, 0.05) is 6.42 Å². The Morgan fingerprint density at radius 3 is 2.38 bits per heavy atom. The van der Waals surface area contributed by atoms with Crippen LogP contribution in [0.1, 0.15) is 26.2 Å². The lowest BCUT2D eigenvalue weighted by Gasteiger charge is -2.04. The molecule has 4 heteroatoms. The fourth-order valence-corrected chi connectivity index (χ4v) is 1.01. The highest BCUT2D eigenvalue weighted by Gasteiger charge is 2.13. The van der Waals surface area contributed by atoms with E-state index in [0.717, 1.165) is 0 Å². The van der Waals surface area contributed by atoms with Gasteiger partial charge in [-0.2, -0.15) is 0 Å². The van der Waals surface area contributed by atoms with Gasteiger partial charge < -0.3 is 10.2 Å². The molecule has 0 aliphatic carbocycles. The fourth-order valence-electron chi connectivity index (χ4n) is 1.01. The van der Waals surface area contributed by atoms with Crippen LogP contribution in [-0.4, -0.2) is 22.2 Å². The summed E-state index contributed by atoms with van der Waals surface area (Å²) in [5.74, 6) is -2.34. The van der Waals surface area contributed by atoms with Crippen LogP contribution in [0.15, 0.2) is 12.2 Å². The maximum absolute atomic E-state index is 10.6. The average Bonchev–Trinajstić information content (AvgIpc) is 2.02. The largest absolute Gasteiger partial charge is 0.481 e. The highest BCUT2D eigenvalue weighted by molar-refractivity contribution is 5.72. The summed E-state index contributed by atoms with van der Waals surface area (Å²) in [5.41, 5.74) is 0. The normalized spacial score (nSPS) is 13.0. The molecule has 0 bridgehead atoms. The van der Waals surface area contributed by atoms with E-state index in [1.807, 2.05) is 0 Å². The van der Waals surface area contributed by atoms with E-state index in [9.17, 15) is 9.59 Å². The Balaban J connectivity index is 3.83. The van der Waals surface area contributed by atoms with Crippen molar-refractivity contribution in [3.8, 4) is 0 Å². The second kappa shape index (κ2) is 6.22. The topological polar surface area (TPSA) is 74.6 Å². The van der Waals surface area contributed by atoms with Crippen LogP contribution < -0.4 is 0 Å². The lowest BCUT2D eigenvalue weighted by molar-refractivity contribution is -0.141. The summed E-state index contributed by atoms with van der Waals surface area (Å²) in [6, 6.07) is 0. The predicted octanol–water partition coefficient (Wildman–Crippen LogP) is 1.52. The van der Waals surface area contributed by atoms with E-state index >= 15 is 0 Å². The molecule has 0 saturated heterocycles. The van der Waals surface area contributed by atoms with Crippen LogP contribution in [0.5, 0.6) is 0 Å². The number of carbonyl (C=O) groups is 2. The van der Waals surface area contributed by atoms with Gasteiger partial charge in [0.05, 0.1) is 5.92 Å². The van der Waals surface area contributed by atoms with Crippen LogP contribution in [-0.2, 0) is 9.59 Å². The second-order valence-corrected chi connectivity index (χ2v) is 2.76. The number of hydrogen-bond donors (Lipinski definition) is 2. The summed E-state index contributed by atoms with van der Waals surface area (Å²) >= 11 is 0. The second-order valence-electron chi connectivity index (χ2n) is 2.76. The van der Waals surface area contributed by atoms with Crippen LogP contribution in [0.25, 0.3) is 0 Å². The van der Waals surface area contributed by atoms with Crippen molar-refractivity contribution in [2.75, 3.05) is 0 Å². The number of allylic oxidation sites excluding steroid dienone is 1. The minimum absolute atomic E-state index is 0.0291. The Hall–Kier alpha value is -1.32. The summed E-state index contributed by atoms with van der Waals surface area (Å²) in [7, 11) is 0. The smallest absolute Gasteiger partial charge is 0.310 e. The van der Waals surface area contributed by atoms with E-state index in [1.54, 1.807) is 19.1 Å². The maximum Gasteiger partial charge on any atom is 0.310 e. The molecule has 0 spiro atoms. The third-order valence-electron chi connectivity index (χ3n) is 1.65. The van der Waals surface area contributed by atoms with E-state index < -0.39 is 17.9 Å². The van der Waals surface area contributed by atoms with Crippen molar-refractivity contribution in [2.45, 2.75) is 26.2 Å². The van der Waals surface area contributed by atoms with E-state index in [4.69, 9.17) is 10.2 Å². The lowest BCUT2D eigenvalue weighted by atomic mass is 10.0. The van der Waals surface area contributed by atoms with Crippen molar-refractivity contribution in [3.63, 3.8) is 0 Å². The highest BCUT2D eigenvalue weighted by Crippen LogP contribution is 2.10. The third-order valence-corrected chi connectivity index (χ3v) is 1.65. The van der Waals surface area contributed by atoms with Gasteiger partial charge in [-0.05, 0) is 19.8 Å². The molecule has 0 aromatic rings. The zero-order chi connectivity index (χ0) is 10.3. The molecule has 0 amide bonds. The molecule has 0 radical (unpaired) electrons. The van der Waals surface area contributed by atoms with E-state index in [2.05, 4.69) is 0 Å². The Labute approximate surface area is 76.9 Å². The van der Waals surface area contributed by atoms with Gasteiger partial charge in [-0.3, -0.25) is 9.59 Å². The maximum atomic E-state index is 10.6. The van der Waals surface area contributed by atoms with Crippen molar-refractivity contribution in [1.82, 2.24) is 0 Å². The van der Waals surface area contributed by atoms with Crippen molar-refractivity contribution in [2.24, 2.45) is 5.92 Å². The molecule has 0 heterocycles. The quantitative estimate of drug-likeness (QED) is 0.616. The first kappa shape index (κ1) is 11.7. The Morgan fingerprint density at radius 1 is 1.38 bits per heavy atom. The number of aliphatic carboxylic acids is 2. The van der Waals surface area contributed by atoms with E-state index in [0.29, 0.717) is 12.8 Å². The molecular formula is C9H14O4. The Bertz CT molecular complexity index is 208. The van der Waals surface area contributed by atoms with Gasteiger partial charge in [-0.15, -0.1) is 0 Å².